The van der Waals surface area contributed by atoms with Gasteiger partial charge in [-0.25, -0.2) is 0 Å². The zero-order valence-electron chi connectivity index (χ0n) is 16.0. The predicted molar refractivity (Wildman–Crippen MR) is 107 cm³/mol. The molecular weight excluding hydrogens is 354 g/mol. The highest BCUT2D eigenvalue weighted by Gasteiger charge is 2.30. The summed E-state index contributed by atoms with van der Waals surface area (Å²) in [4.78, 5) is 12.7. The van der Waals surface area contributed by atoms with Crippen LogP contribution in [0.25, 0.3) is 0 Å². The molecule has 2 aromatic carbocycles. The number of fused-ring (bicyclic) bond motifs is 1. The Hall–Kier alpha value is -2.53. The van der Waals surface area contributed by atoms with Crippen LogP contribution in [0.2, 0.25) is 0 Å². The maximum absolute atomic E-state index is 12.7. The summed E-state index contributed by atoms with van der Waals surface area (Å²) in [5.41, 5.74) is 1.34. The zero-order valence-corrected chi connectivity index (χ0v) is 16.0. The molecule has 1 heterocycles. The molecular formula is C23H27NO4. The Morgan fingerprint density at radius 3 is 2.54 bits per heavy atom. The number of hydrogen-bond donors (Lipinski definition) is 2. The Labute approximate surface area is 165 Å². The fourth-order valence-corrected chi connectivity index (χ4v) is 4.15. The van der Waals surface area contributed by atoms with E-state index in [4.69, 9.17) is 9.47 Å². The van der Waals surface area contributed by atoms with Gasteiger partial charge in [0.2, 0.25) is 12.7 Å². The van der Waals surface area contributed by atoms with Crippen molar-refractivity contribution in [1.29, 1.82) is 0 Å². The molecule has 0 aromatic heterocycles. The molecule has 1 fully saturated rings. The van der Waals surface area contributed by atoms with E-state index in [1.165, 1.54) is 0 Å². The third kappa shape index (κ3) is 4.30. The minimum Gasteiger partial charge on any atom is -0.454 e. The minimum atomic E-state index is -0.755. The fourth-order valence-electron chi connectivity index (χ4n) is 4.15. The Morgan fingerprint density at radius 2 is 1.75 bits per heavy atom. The smallest absolute Gasteiger partial charge is 0.231 e. The van der Waals surface area contributed by atoms with Crippen molar-refractivity contribution in [3.05, 3.63) is 59.7 Å². The van der Waals surface area contributed by atoms with Crippen LogP contribution in [0.5, 0.6) is 11.5 Å². The number of aliphatic hydroxyl groups is 1. The van der Waals surface area contributed by atoms with Crippen molar-refractivity contribution in [1.82, 2.24) is 5.32 Å². The summed E-state index contributed by atoms with van der Waals surface area (Å²) < 4.78 is 10.9. The molecule has 1 aliphatic carbocycles. The number of ether oxygens (including phenoxy) is 2. The number of nitrogens with one attached hydrogen (secondary N) is 1. The first-order chi connectivity index (χ1) is 13.6. The van der Waals surface area contributed by atoms with Gasteiger partial charge in [-0.3, -0.25) is 4.79 Å². The number of hydrogen-bond acceptors (Lipinski definition) is 4. The Balaban J connectivity index is 1.49. The predicted octanol–water partition coefficient (Wildman–Crippen LogP) is 3.75. The molecule has 28 heavy (non-hydrogen) atoms. The lowest BCUT2D eigenvalue weighted by molar-refractivity contribution is -0.123. The molecule has 1 amide bonds. The lowest BCUT2D eigenvalue weighted by atomic mass is 9.84. The van der Waals surface area contributed by atoms with Crippen LogP contribution in [0, 0.1) is 0 Å². The molecule has 0 spiro atoms. The summed E-state index contributed by atoms with van der Waals surface area (Å²) in [5.74, 6) is 1.32. The second kappa shape index (κ2) is 8.23. The minimum absolute atomic E-state index is 0.0504. The van der Waals surface area contributed by atoms with Crippen molar-refractivity contribution in [3.8, 4) is 11.5 Å². The van der Waals surface area contributed by atoms with E-state index in [9.17, 15) is 9.90 Å². The third-order valence-corrected chi connectivity index (χ3v) is 5.79. The molecule has 148 valence electrons. The zero-order chi connectivity index (χ0) is 19.4. The number of carbonyl (C=O) groups excluding carboxylic acids is 1. The van der Waals surface area contributed by atoms with E-state index in [0.717, 1.165) is 54.7 Å². The number of rotatable bonds is 6. The van der Waals surface area contributed by atoms with Gasteiger partial charge in [-0.1, -0.05) is 55.7 Å². The maximum atomic E-state index is 12.7. The van der Waals surface area contributed by atoms with Gasteiger partial charge in [-0.2, -0.15) is 0 Å². The number of amides is 1. The van der Waals surface area contributed by atoms with E-state index < -0.39 is 5.60 Å². The first kappa shape index (κ1) is 18.8. The average molecular weight is 381 g/mol. The van der Waals surface area contributed by atoms with Crippen LogP contribution in [-0.2, 0) is 4.79 Å². The van der Waals surface area contributed by atoms with Gasteiger partial charge < -0.3 is 19.9 Å². The molecule has 5 nitrogen and oxygen atoms in total. The van der Waals surface area contributed by atoms with E-state index in [-0.39, 0.29) is 18.6 Å². The van der Waals surface area contributed by atoms with Crippen molar-refractivity contribution >= 4 is 5.91 Å². The summed E-state index contributed by atoms with van der Waals surface area (Å²) in [6.45, 7) is 0.558. The monoisotopic (exact) mass is 381 g/mol. The molecule has 2 aliphatic rings. The van der Waals surface area contributed by atoms with Crippen molar-refractivity contribution in [2.24, 2.45) is 0 Å². The quantitative estimate of drug-likeness (QED) is 0.800. The van der Waals surface area contributed by atoms with Crippen LogP contribution in [0.4, 0.5) is 0 Å². The van der Waals surface area contributed by atoms with Crippen molar-refractivity contribution in [3.63, 3.8) is 0 Å². The topological polar surface area (TPSA) is 67.8 Å². The Kier molecular flexibility index (Phi) is 5.53. The SMILES string of the molecule is O=C(C[C@H](c1ccccc1)c1ccc2c(c1)OCO2)NCC1(O)CCCCC1. The standard InChI is InChI=1S/C23H27NO4/c25-22(24-15-23(26)11-5-2-6-12-23)14-19(17-7-3-1-4-8-17)18-9-10-20-21(13-18)28-16-27-20/h1,3-4,7-10,13,19,26H,2,5-6,11-12,14-16H2,(H,24,25)/t19-/m1/s1. The Morgan fingerprint density at radius 1 is 1.00 bits per heavy atom. The van der Waals surface area contributed by atoms with Crippen molar-refractivity contribution < 1.29 is 19.4 Å². The third-order valence-electron chi connectivity index (χ3n) is 5.79. The van der Waals surface area contributed by atoms with Gasteiger partial charge in [-0.05, 0) is 36.1 Å². The first-order valence-electron chi connectivity index (χ1n) is 10.1. The van der Waals surface area contributed by atoms with E-state index in [1.807, 2.05) is 48.5 Å². The fraction of sp³-hybridized carbons (Fsp3) is 0.435. The highest BCUT2D eigenvalue weighted by atomic mass is 16.7. The second-order valence-electron chi connectivity index (χ2n) is 7.84. The molecule has 0 radical (unpaired) electrons. The molecule has 0 bridgehead atoms. The van der Waals surface area contributed by atoms with Crippen LogP contribution in [0.15, 0.2) is 48.5 Å². The molecule has 1 saturated carbocycles. The molecule has 1 aliphatic heterocycles. The number of benzene rings is 2. The van der Waals surface area contributed by atoms with Crippen LogP contribution >= 0.6 is 0 Å². The van der Waals surface area contributed by atoms with Gasteiger partial charge in [-0.15, -0.1) is 0 Å². The van der Waals surface area contributed by atoms with Gasteiger partial charge in [0.1, 0.15) is 0 Å². The van der Waals surface area contributed by atoms with Gasteiger partial charge in [0, 0.05) is 18.9 Å². The molecule has 1 atom stereocenters. The average Bonchev–Trinajstić information content (AvgIpc) is 3.20. The van der Waals surface area contributed by atoms with Gasteiger partial charge in [0.05, 0.1) is 5.60 Å². The summed E-state index contributed by atoms with van der Waals surface area (Å²) in [5, 5.41) is 13.6. The summed E-state index contributed by atoms with van der Waals surface area (Å²) in [7, 11) is 0. The maximum Gasteiger partial charge on any atom is 0.231 e. The highest BCUT2D eigenvalue weighted by Crippen LogP contribution is 2.37. The summed E-state index contributed by atoms with van der Waals surface area (Å²) in [6.07, 6.45) is 5.05. The van der Waals surface area contributed by atoms with Crippen molar-refractivity contribution in [2.75, 3.05) is 13.3 Å². The van der Waals surface area contributed by atoms with E-state index >= 15 is 0 Å². The summed E-state index contributed by atoms with van der Waals surface area (Å²) in [6, 6.07) is 15.9. The van der Waals surface area contributed by atoms with Gasteiger partial charge in [0.25, 0.3) is 0 Å². The van der Waals surface area contributed by atoms with Gasteiger partial charge in [0.15, 0.2) is 11.5 Å². The molecule has 2 aromatic rings. The lowest BCUT2D eigenvalue weighted by Gasteiger charge is -2.32. The summed E-state index contributed by atoms with van der Waals surface area (Å²) >= 11 is 0. The highest BCUT2D eigenvalue weighted by molar-refractivity contribution is 5.77. The number of carbonyl (C=O) groups is 1. The van der Waals surface area contributed by atoms with Crippen molar-refractivity contribution in [2.45, 2.75) is 50.0 Å². The molecule has 0 saturated heterocycles. The van der Waals surface area contributed by atoms with Crippen LogP contribution in [0.3, 0.4) is 0 Å². The Bertz CT molecular complexity index is 815. The molecule has 0 unspecified atom stereocenters. The molecule has 2 N–H and O–H groups in total. The van der Waals surface area contributed by atoms with Gasteiger partial charge >= 0.3 is 0 Å². The van der Waals surface area contributed by atoms with E-state index in [0.29, 0.717) is 13.0 Å². The molecule has 4 rings (SSSR count). The second-order valence-corrected chi connectivity index (χ2v) is 7.84. The van der Waals surface area contributed by atoms with Crippen LogP contribution in [-0.4, -0.2) is 30.0 Å². The van der Waals surface area contributed by atoms with E-state index in [2.05, 4.69) is 5.32 Å². The van der Waals surface area contributed by atoms with E-state index in [1.54, 1.807) is 0 Å². The lowest BCUT2D eigenvalue weighted by Crippen LogP contribution is -2.44. The van der Waals surface area contributed by atoms with Crippen LogP contribution in [0.1, 0.15) is 55.6 Å². The van der Waals surface area contributed by atoms with Crippen LogP contribution < -0.4 is 14.8 Å². The first-order valence-corrected chi connectivity index (χ1v) is 10.1. The normalized spacial score (nSPS) is 18.5. The molecule has 5 heteroatoms. The largest absolute Gasteiger partial charge is 0.454 e.